The number of hydrogen-bond acceptors (Lipinski definition) is 4. The number of nitrogens with zero attached hydrogens (tertiary/aromatic N) is 1. The molecule has 0 aromatic carbocycles. The number of pyridine rings is 1. The molecule has 0 radical (unpaired) electrons. The Morgan fingerprint density at radius 1 is 1.48 bits per heavy atom. The van der Waals surface area contributed by atoms with Crippen molar-refractivity contribution in [3.05, 3.63) is 41.7 Å². The van der Waals surface area contributed by atoms with Crippen molar-refractivity contribution in [3.8, 4) is 0 Å². The largest absolute Gasteiger partial charge is 0.550 e. The second kappa shape index (κ2) is 6.52. The number of carbonyl (C=O) groups is 2. The van der Waals surface area contributed by atoms with Crippen molar-refractivity contribution in [2.75, 3.05) is 0 Å². The van der Waals surface area contributed by atoms with Crippen molar-refractivity contribution in [2.24, 2.45) is 17.8 Å². The van der Waals surface area contributed by atoms with Gasteiger partial charge in [0.25, 0.3) is 0 Å². The van der Waals surface area contributed by atoms with Crippen LogP contribution in [0.25, 0.3) is 0 Å². The molecule has 0 saturated heterocycles. The highest BCUT2D eigenvalue weighted by Gasteiger charge is 2.35. The highest BCUT2D eigenvalue weighted by Crippen LogP contribution is 2.33. The Kier molecular flexibility index (Phi) is 4.73. The highest BCUT2D eigenvalue weighted by molar-refractivity contribution is 5.85. The molecular weight excluding hydrogens is 268 g/mol. The third-order valence-corrected chi connectivity index (χ3v) is 3.89. The lowest BCUT2D eigenvalue weighted by atomic mass is 9.73. The molecule has 5 nitrogen and oxygen atoms in total. The van der Waals surface area contributed by atoms with Gasteiger partial charge in [0.15, 0.2) is 0 Å². The van der Waals surface area contributed by atoms with E-state index in [2.05, 4.69) is 10.3 Å². The summed E-state index contributed by atoms with van der Waals surface area (Å²) in [6.45, 7) is 4.08. The summed E-state index contributed by atoms with van der Waals surface area (Å²) in [7, 11) is 0. The van der Waals surface area contributed by atoms with Gasteiger partial charge in [-0.2, -0.15) is 0 Å². The summed E-state index contributed by atoms with van der Waals surface area (Å²) in [5.74, 6) is -2.95. The van der Waals surface area contributed by atoms with Crippen molar-refractivity contribution >= 4 is 11.9 Å². The van der Waals surface area contributed by atoms with Crippen LogP contribution in [0.4, 0.5) is 0 Å². The Morgan fingerprint density at radius 2 is 2.24 bits per heavy atom. The number of aromatic nitrogens is 1. The minimum Gasteiger partial charge on any atom is -0.550 e. The molecule has 3 atom stereocenters. The van der Waals surface area contributed by atoms with Gasteiger partial charge < -0.3 is 15.2 Å². The molecule has 1 aliphatic rings. The Morgan fingerprint density at radius 3 is 2.86 bits per heavy atom. The van der Waals surface area contributed by atoms with Gasteiger partial charge in [0.05, 0.1) is 5.92 Å². The second-order valence-electron chi connectivity index (χ2n) is 5.61. The Bertz CT molecular complexity index is 554. The Labute approximate surface area is 124 Å². The van der Waals surface area contributed by atoms with Crippen LogP contribution >= 0.6 is 0 Å². The summed E-state index contributed by atoms with van der Waals surface area (Å²) in [4.78, 5) is 27.6. The first-order valence-electron chi connectivity index (χ1n) is 7.04. The summed E-state index contributed by atoms with van der Waals surface area (Å²) >= 11 is 0. The molecule has 1 amide bonds. The summed E-state index contributed by atoms with van der Waals surface area (Å²) in [5, 5.41) is 14.1. The molecule has 0 saturated carbocycles. The van der Waals surface area contributed by atoms with Crippen molar-refractivity contribution in [1.29, 1.82) is 0 Å². The van der Waals surface area contributed by atoms with Crippen molar-refractivity contribution < 1.29 is 14.7 Å². The van der Waals surface area contributed by atoms with Crippen LogP contribution in [0.2, 0.25) is 0 Å². The van der Waals surface area contributed by atoms with E-state index in [1.165, 1.54) is 0 Å². The third-order valence-electron chi connectivity index (χ3n) is 3.89. The molecule has 1 aromatic rings. The lowest BCUT2D eigenvalue weighted by Gasteiger charge is -2.34. The first-order chi connectivity index (χ1) is 9.99. The summed E-state index contributed by atoms with van der Waals surface area (Å²) in [5.41, 5.74) is 1.92. The molecule has 1 aromatic heterocycles. The summed E-state index contributed by atoms with van der Waals surface area (Å²) < 4.78 is 0. The van der Waals surface area contributed by atoms with Crippen LogP contribution in [0, 0.1) is 17.8 Å². The molecular formula is C16H19N2O3-. The predicted octanol–water partition coefficient (Wildman–Crippen LogP) is 0.666. The van der Waals surface area contributed by atoms with E-state index in [0.29, 0.717) is 13.0 Å². The van der Waals surface area contributed by atoms with Crippen molar-refractivity contribution in [2.45, 2.75) is 26.8 Å². The zero-order valence-corrected chi connectivity index (χ0v) is 12.2. The highest BCUT2D eigenvalue weighted by atomic mass is 16.4. The summed E-state index contributed by atoms with van der Waals surface area (Å²) in [6.07, 6.45) is 5.70. The van der Waals surface area contributed by atoms with E-state index in [4.69, 9.17) is 0 Å². The quantitative estimate of drug-likeness (QED) is 0.825. The Balaban J connectivity index is 2.06. The zero-order chi connectivity index (χ0) is 15.4. The van der Waals surface area contributed by atoms with E-state index in [-0.39, 0.29) is 11.8 Å². The topological polar surface area (TPSA) is 82.1 Å². The third kappa shape index (κ3) is 3.68. The molecule has 0 unspecified atom stereocenters. The van der Waals surface area contributed by atoms with Crippen LogP contribution in [-0.2, 0) is 16.1 Å². The molecule has 1 aliphatic carbocycles. The van der Waals surface area contributed by atoms with E-state index in [1.54, 1.807) is 18.5 Å². The van der Waals surface area contributed by atoms with Gasteiger partial charge in [-0.1, -0.05) is 24.6 Å². The average Bonchev–Trinajstić information content (AvgIpc) is 2.44. The molecule has 5 heteroatoms. The number of carbonyl (C=O) groups excluding carboxylic acids is 2. The maximum absolute atomic E-state index is 12.3. The van der Waals surface area contributed by atoms with E-state index >= 15 is 0 Å². The number of allylic oxidation sites excluding steroid dienone is 2. The molecule has 0 aliphatic heterocycles. The first-order valence-corrected chi connectivity index (χ1v) is 7.04. The maximum atomic E-state index is 12.3. The van der Waals surface area contributed by atoms with E-state index in [0.717, 1.165) is 11.1 Å². The fraction of sp³-hybridized carbons (Fsp3) is 0.438. The van der Waals surface area contributed by atoms with Gasteiger partial charge in [0, 0.05) is 30.8 Å². The molecule has 2 rings (SSSR count). The van der Waals surface area contributed by atoms with Crippen LogP contribution in [-0.4, -0.2) is 16.9 Å². The Hall–Kier alpha value is -2.17. The predicted molar refractivity (Wildman–Crippen MR) is 75.6 cm³/mol. The van der Waals surface area contributed by atoms with Gasteiger partial charge in [-0.25, -0.2) is 0 Å². The molecule has 1 heterocycles. The average molecular weight is 287 g/mol. The van der Waals surface area contributed by atoms with Gasteiger partial charge in [-0.05, 0) is 30.9 Å². The van der Waals surface area contributed by atoms with Crippen LogP contribution in [0.1, 0.15) is 25.8 Å². The smallest absolute Gasteiger partial charge is 0.224 e. The van der Waals surface area contributed by atoms with Gasteiger partial charge in [-0.15, -0.1) is 0 Å². The van der Waals surface area contributed by atoms with Crippen LogP contribution in [0.5, 0.6) is 0 Å². The van der Waals surface area contributed by atoms with Gasteiger partial charge >= 0.3 is 0 Å². The number of hydrogen-bond donors (Lipinski definition) is 1. The zero-order valence-electron chi connectivity index (χ0n) is 12.2. The molecule has 0 spiro atoms. The number of amides is 1. The molecule has 1 N–H and O–H groups in total. The standard InChI is InChI=1S/C16H20N2O3/c1-10-6-11(2)14(16(20)21)13(7-10)15(19)18-9-12-4-3-5-17-8-12/h3-6,8,11,13-14H,7,9H2,1-2H3,(H,18,19)(H,20,21)/p-1/t11-,13-,14+/m0/s1. The molecule has 112 valence electrons. The number of rotatable bonds is 4. The van der Waals surface area contributed by atoms with Crippen LogP contribution in [0.15, 0.2) is 36.2 Å². The normalized spacial score (nSPS) is 25.0. The first kappa shape index (κ1) is 15.2. The minimum absolute atomic E-state index is 0.196. The fourth-order valence-corrected chi connectivity index (χ4v) is 2.92. The van der Waals surface area contributed by atoms with Crippen LogP contribution < -0.4 is 10.4 Å². The molecule has 21 heavy (non-hydrogen) atoms. The number of nitrogens with one attached hydrogen (secondary N) is 1. The van der Waals surface area contributed by atoms with E-state index < -0.39 is 17.8 Å². The van der Waals surface area contributed by atoms with Gasteiger partial charge in [-0.3, -0.25) is 9.78 Å². The SMILES string of the molecule is CC1=C[C@H](C)[C@@H](C(=O)[O-])[C@@H](C(=O)NCc2cccnc2)C1. The second-order valence-corrected chi connectivity index (χ2v) is 5.61. The number of carboxylic acids is 1. The van der Waals surface area contributed by atoms with E-state index in [9.17, 15) is 14.7 Å². The maximum Gasteiger partial charge on any atom is 0.224 e. The van der Waals surface area contributed by atoms with Crippen molar-refractivity contribution in [1.82, 2.24) is 10.3 Å². The number of carboxylic acid groups (broad SMARTS) is 1. The number of aliphatic carboxylic acids is 1. The van der Waals surface area contributed by atoms with Gasteiger partial charge in [0.2, 0.25) is 5.91 Å². The monoisotopic (exact) mass is 287 g/mol. The lowest BCUT2D eigenvalue weighted by molar-refractivity contribution is -0.314. The van der Waals surface area contributed by atoms with Crippen LogP contribution in [0.3, 0.4) is 0 Å². The molecule has 0 fully saturated rings. The molecule has 0 bridgehead atoms. The minimum atomic E-state index is -1.16. The lowest BCUT2D eigenvalue weighted by Crippen LogP contribution is -2.47. The van der Waals surface area contributed by atoms with Crippen molar-refractivity contribution in [3.63, 3.8) is 0 Å². The van der Waals surface area contributed by atoms with Gasteiger partial charge in [0.1, 0.15) is 0 Å². The fourth-order valence-electron chi connectivity index (χ4n) is 2.92. The summed E-state index contributed by atoms with van der Waals surface area (Å²) in [6, 6.07) is 3.65. The van der Waals surface area contributed by atoms with E-state index in [1.807, 2.05) is 26.0 Å².